The first-order valence-corrected chi connectivity index (χ1v) is 13.2. The molecule has 8 nitrogen and oxygen atoms in total. The Morgan fingerprint density at radius 1 is 0.842 bits per heavy atom. The third kappa shape index (κ3) is 7.12. The van der Waals surface area contributed by atoms with Crippen LogP contribution in [0.25, 0.3) is 0 Å². The van der Waals surface area contributed by atoms with Crippen LogP contribution < -0.4 is 10.6 Å². The molecular formula is C25H18Cl4N2O6S. The van der Waals surface area contributed by atoms with Crippen LogP contribution in [-0.2, 0) is 9.53 Å². The number of nitrogens with one attached hydrogen (secondary N) is 2. The summed E-state index contributed by atoms with van der Waals surface area (Å²) in [6.07, 6.45) is 0. The quantitative estimate of drug-likeness (QED) is 0.101. The standard InChI is InChI=1S/C25H18Cl4N2O6S/c1-2-37-25(36)12-6-8-13(9-7-12)30-16(32)11-38-15-5-3-4-14(10-15)31-23(33)17-18(24(34)35)20(27)22(29)21(28)19(17)26/h3-10H,2,11H2,1H3,(H,30,32)(H,31,33)(H,34,35). The molecule has 0 fully saturated rings. The second kappa shape index (κ2) is 13.2. The van der Waals surface area contributed by atoms with E-state index in [0.717, 1.165) is 0 Å². The van der Waals surface area contributed by atoms with Gasteiger partial charge in [-0.15, -0.1) is 11.8 Å². The summed E-state index contributed by atoms with van der Waals surface area (Å²) < 4.78 is 4.93. The number of amides is 2. The molecule has 0 atom stereocenters. The Morgan fingerprint density at radius 3 is 2.08 bits per heavy atom. The van der Waals surface area contributed by atoms with Crippen LogP contribution in [0.5, 0.6) is 0 Å². The summed E-state index contributed by atoms with van der Waals surface area (Å²) in [5.74, 6) is -3.06. The number of esters is 1. The Labute approximate surface area is 241 Å². The number of thioether (sulfide) groups is 1. The molecule has 198 valence electrons. The van der Waals surface area contributed by atoms with E-state index in [1.54, 1.807) is 55.5 Å². The van der Waals surface area contributed by atoms with E-state index in [4.69, 9.17) is 51.1 Å². The van der Waals surface area contributed by atoms with Crippen molar-refractivity contribution in [2.24, 2.45) is 0 Å². The molecule has 0 bridgehead atoms. The molecule has 3 aromatic rings. The van der Waals surface area contributed by atoms with Gasteiger partial charge in [0.15, 0.2) is 0 Å². The zero-order valence-corrected chi connectivity index (χ0v) is 23.3. The highest BCUT2D eigenvalue weighted by atomic mass is 35.5. The lowest BCUT2D eigenvalue weighted by Gasteiger charge is -2.14. The SMILES string of the molecule is CCOC(=O)c1ccc(NC(=O)CSc2cccc(NC(=O)c3c(Cl)c(Cl)c(Cl)c(Cl)c3C(=O)O)c2)cc1. The number of hydrogen-bond acceptors (Lipinski definition) is 6. The Kier molecular flexibility index (Phi) is 10.3. The molecule has 0 saturated heterocycles. The van der Waals surface area contributed by atoms with E-state index < -0.39 is 34.0 Å². The Balaban J connectivity index is 1.67. The number of halogens is 4. The number of hydrogen-bond donors (Lipinski definition) is 3. The maximum Gasteiger partial charge on any atom is 0.338 e. The maximum atomic E-state index is 12.9. The lowest BCUT2D eigenvalue weighted by atomic mass is 10.1. The van der Waals surface area contributed by atoms with Crippen molar-refractivity contribution in [3.63, 3.8) is 0 Å². The molecule has 0 unspecified atom stereocenters. The lowest BCUT2D eigenvalue weighted by Crippen LogP contribution is -2.18. The van der Waals surface area contributed by atoms with Gasteiger partial charge in [-0.2, -0.15) is 0 Å². The van der Waals surface area contributed by atoms with Crippen molar-refractivity contribution in [2.45, 2.75) is 11.8 Å². The lowest BCUT2D eigenvalue weighted by molar-refractivity contribution is -0.113. The minimum absolute atomic E-state index is 0.0500. The molecule has 0 radical (unpaired) electrons. The molecule has 0 aromatic heterocycles. The zero-order chi connectivity index (χ0) is 28.0. The molecule has 3 rings (SSSR count). The summed E-state index contributed by atoms with van der Waals surface area (Å²) in [6, 6.07) is 12.8. The Hall–Kier alpha value is -2.95. The molecule has 0 spiro atoms. The molecule has 3 N–H and O–H groups in total. The highest BCUT2D eigenvalue weighted by Gasteiger charge is 2.29. The number of carbonyl (C=O) groups is 4. The number of anilines is 2. The van der Waals surface area contributed by atoms with Crippen molar-refractivity contribution in [3.8, 4) is 0 Å². The van der Waals surface area contributed by atoms with Crippen molar-refractivity contribution in [1.82, 2.24) is 0 Å². The van der Waals surface area contributed by atoms with Gasteiger partial charge in [0.05, 0.1) is 49.1 Å². The molecule has 3 aromatic carbocycles. The topological polar surface area (TPSA) is 122 Å². The maximum absolute atomic E-state index is 12.9. The van der Waals surface area contributed by atoms with E-state index in [9.17, 15) is 24.3 Å². The molecule has 0 aliphatic carbocycles. The number of benzene rings is 3. The molecule has 0 heterocycles. The first-order valence-electron chi connectivity index (χ1n) is 10.7. The fourth-order valence-electron chi connectivity index (χ4n) is 3.15. The summed E-state index contributed by atoms with van der Waals surface area (Å²) in [5.41, 5.74) is 0.171. The van der Waals surface area contributed by atoms with Gasteiger partial charge in [0.1, 0.15) is 0 Å². The van der Waals surface area contributed by atoms with Gasteiger partial charge in [0.25, 0.3) is 5.91 Å². The summed E-state index contributed by atoms with van der Waals surface area (Å²) in [7, 11) is 0. The third-order valence-corrected chi connectivity index (χ3v) is 7.65. The van der Waals surface area contributed by atoms with Crippen LogP contribution in [0.4, 0.5) is 11.4 Å². The van der Waals surface area contributed by atoms with Crippen LogP contribution in [0, 0.1) is 0 Å². The predicted molar refractivity (Wildman–Crippen MR) is 150 cm³/mol. The number of carbonyl (C=O) groups excluding carboxylic acids is 3. The van der Waals surface area contributed by atoms with E-state index in [-0.39, 0.29) is 33.3 Å². The normalized spacial score (nSPS) is 10.6. The molecular weight excluding hydrogens is 598 g/mol. The first-order chi connectivity index (χ1) is 18.0. The van der Waals surface area contributed by atoms with Crippen LogP contribution in [0.1, 0.15) is 38.0 Å². The molecule has 0 aliphatic rings. The summed E-state index contributed by atoms with van der Waals surface area (Å²) >= 11 is 25.3. The summed E-state index contributed by atoms with van der Waals surface area (Å²) in [6.45, 7) is 1.98. The molecule has 0 aliphatic heterocycles. The van der Waals surface area contributed by atoms with E-state index in [2.05, 4.69) is 10.6 Å². The summed E-state index contributed by atoms with van der Waals surface area (Å²) in [5, 5.41) is 13.5. The summed E-state index contributed by atoms with van der Waals surface area (Å²) in [4.78, 5) is 49.4. The number of carboxylic acids is 1. The van der Waals surface area contributed by atoms with Crippen LogP contribution in [0.15, 0.2) is 53.4 Å². The highest BCUT2D eigenvalue weighted by molar-refractivity contribution is 8.00. The van der Waals surface area contributed by atoms with Crippen LogP contribution >= 0.6 is 58.2 Å². The average Bonchev–Trinajstić information content (AvgIpc) is 2.88. The van der Waals surface area contributed by atoms with E-state index in [1.165, 1.54) is 11.8 Å². The smallest absolute Gasteiger partial charge is 0.338 e. The Morgan fingerprint density at radius 2 is 1.47 bits per heavy atom. The van der Waals surface area contributed by atoms with Gasteiger partial charge in [-0.3, -0.25) is 9.59 Å². The van der Waals surface area contributed by atoms with Gasteiger partial charge in [-0.25, -0.2) is 9.59 Å². The van der Waals surface area contributed by atoms with Gasteiger partial charge in [-0.1, -0.05) is 52.5 Å². The largest absolute Gasteiger partial charge is 0.478 e. The molecule has 38 heavy (non-hydrogen) atoms. The molecule has 0 saturated carbocycles. The number of carboxylic acid groups (broad SMARTS) is 1. The fourth-order valence-corrected chi connectivity index (χ4v) is 4.93. The monoisotopic (exact) mass is 614 g/mol. The van der Waals surface area contributed by atoms with E-state index in [0.29, 0.717) is 21.8 Å². The fraction of sp³-hybridized carbons (Fsp3) is 0.120. The minimum atomic E-state index is -1.51. The minimum Gasteiger partial charge on any atom is -0.478 e. The number of aromatic carboxylic acids is 1. The predicted octanol–water partition coefficient (Wildman–Crippen LogP) is 7.16. The molecule has 2 amide bonds. The van der Waals surface area contributed by atoms with Gasteiger partial charge in [0.2, 0.25) is 5.91 Å². The van der Waals surface area contributed by atoms with Crippen molar-refractivity contribution in [1.29, 1.82) is 0 Å². The van der Waals surface area contributed by atoms with Gasteiger partial charge in [0, 0.05) is 16.3 Å². The second-order valence-corrected chi connectivity index (χ2v) is 9.99. The number of rotatable bonds is 9. The van der Waals surface area contributed by atoms with Gasteiger partial charge < -0.3 is 20.5 Å². The van der Waals surface area contributed by atoms with E-state index >= 15 is 0 Å². The zero-order valence-electron chi connectivity index (χ0n) is 19.4. The van der Waals surface area contributed by atoms with Gasteiger partial charge in [-0.05, 0) is 49.4 Å². The second-order valence-electron chi connectivity index (χ2n) is 7.43. The third-order valence-electron chi connectivity index (χ3n) is 4.85. The van der Waals surface area contributed by atoms with Crippen LogP contribution in [0.2, 0.25) is 20.1 Å². The Bertz CT molecular complexity index is 1420. The first kappa shape index (κ1) is 29.6. The van der Waals surface area contributed by atoms with Crippen molar-refractivity contribution < 1.29 is 29.0 Å². The van der Waals surface area contributed by atoms with Crippen molar-refractivity contribution >= 4 is 93.3 Å². The average molecular weight is 616 g/mol. The van der Waals surface area contributed by atoms with E-state index in [1.807, 2.05) is 0 Å². The van der Waals surface area contributed by atoms with Gasteiger partial charge >= 0.3 is 11.9 Å². The van der Waals surface area contributed by atoms with Crippen molar-refractivity contribution in [2.75, 3.05) is 23.0 Å². The number of ether oxygens (including phenoxy) is 1. The van der Waals surface area contributed by atoms with Crippen LogP contribution in [-0.4, -0.2) is 41.2 Å². The highest BCUT2D eigenvalue weighted by Crippen LogP contribution is 2.42. The molecule has 13 heteroatoms. The van der Waals surface area contributed by atoms with Crippen LogP contribution in [0.3, 0.4) is 0 Å². The van der Waals surface area contributed by atoms with Crippen molar-refractivity contribution in [3.05, 3.63) is 85.3 Å².